The van der Waals surface area contributed by atoms with E-state index in [9.17, 15) is 0 Å². The summed E-state index contributed by atoms with van der Waals surface area (Å²) in [6, 6.07) is 27.5. The highest BCUT2D eigenvalue weighted by Gasteiger charge is 2.33. The molecule has 5 heteroatoms. The van der Waals surface area contributed by atoms with Gasteiger partial charge in [-0.25, -0.2) is 4.98 Å². The third-order valence-electron chi connectivity index (χ3n) is 5.37. The number of pyridine rings is 1. The van der Waals surface area contributed by atoms with Gasteiger partial charge in [-0.05, 0) is 35.9 Å². The molecule has 0 aliphatic rings. The molecule has 1 aromatic heterocycles. The Morgan fingerprint density at radius 3 is 2.29 bits per heavy atom. The Bertz CT molecular complexity index is 1160. The Morgan fingerprint density at radius 2 is 1.52 bits per heavy atom. The van der Waals surface area contributed by atoms with Gasteiger partial charge >= 0.3 is 0 Å². The fourth-order valence-corrected chi connectivity index (χ4v) is 3.78. The normalized spacial score (nSPS) is 11.6. The number of aromatic nitrogens is 1. The number of methoxy groups -OCH3 is 2. The van der Waals surface area contributed by atoms with Crippen LogP contribution in [0.25, 0.3) is 10.9 Å². The summed E-state index contributed by atoms with van der Waals surface area (Å²) >= 11 is 6.06. The third kappa shape index (κ3) is 4.72. The van der Waals surface area contributed by atoms with Crippen LogP contribution in [-0.2, 0) is 28.3 Å². The van der Waals surface area contributed by atoms with Gasteiger partial charge in [0.05, 0.1) is 11.2 Å². The van der Waals surface area contributed by atoms with Gasteiger partial charge in [0, 0.05) is 36.6 Å². The maximum absolute atomic E-state index is 6.17. The molecular formula is C26H24ClNO3. The largest absolute Gasteiger partial charge is 0.487 e. The SMILES string of the molecule is COC(Cc1ccccc1OCc1ccc2ccccc2n1)(OC)c1ccc(Cl)cc1. The highest BCUT2D eigenvalue weighted by atomic mass is 35.5. The van der Waals surface area contributed by atoms with Gasteiger partial charge < -0.3 is 14.2 Å². The van der Waals surface area contributed by atoms with E-state index in [0.29, 0.717) is 18.1 Å². The average molecular weight is 434 g/mol. The zero-order valence-electron chi connectivity index (χ0n) is 17.5. The minimum atomic E-state index is -0.953. The van der Waals surface area contributed by atoms with Crippen molar-refractivity contribution >= 4 is 22.5 Å². The molecule has 0 aliphatic carbocycles. The standard InChI is InChI=1S/C26H24ClNO3/c1-29-26(30-2,21-12-14-22(27)15-13-21)17-20-8-4-6-10-25(20)31-18-23-16-11-19-7-3-5-9-24(19)28-23/h3-16H,17-18H2,1-2H3. The lowest BCUT2D eigenvalue weighted by molar-refractivity contribution is -0.215. The van der Waals surface area contributed by atoms with E-state index in [0.717, 1.165) is 33.5 Å². The Balaban J connectivity index is 1.57. The molecule has 0 atom stereocenters. The topological polar surface area (TPSA) is 40.6 Å². The van der Waals surface area contributed by atoms with Crippen molar-refractivity contribution in [1.29, 1.82) is 0 Å². The maximum atomic E-state index is 6.17. The Kier molecular flexibility index (Phi) is 6.52. The maximum Gasteiger partial charge on any atom is 0.198 e. The third-order valence-corrected chi connectivity index (χ3v) is 5.62. The van der Waals surface area contributed by atoms with Crippen LogP contribution < -0.4 is 4.74 Å². The molecule has 3 aromatic carbocycles. The van der Waals surface area contributed by atoms with Crippen LogP contribution in [0.4, 0.5) is 0 Å². The lowest BCUT2D eigenvalue weighted by atomic mass is 9.96. The van der Waals surface area contributed by atoms with Crippen LogP contribution in [0.15, 0.2) is 84.9 Å². The number of hydrogen-bond acceptors (Lipinski definition) is 4. The van der Waals surface area contributed by atoms with Crippen LogP contribution in [0.2, 0.25) is 5.02 Å². The number of nitrogens with zero attached hydrogens (tertiary/aromatic N) is 1. The van der Waals surface area contributed by atoms with E-state index in [-0.39, 0.29) is 0 Å². The molecule has 31 heavy (non-hydrogen) atoms. The number of benzene rings is 3. The van der Waals surface area contributed by atoms with Gasteiger partial charge in [-0.1, -0.05) is 66.2 Å². The summed E-state index contributed by atoms with van der Waals surface area (Å²) in [5, 5.41) is 1.77. The summed E-state index contributed by atoms with van der Waals surface area (Å²) in [6.07, 6.45) is 0.475. The summed E-state index contributed by atoms with van der Waals surface area (Å²) in [6.45, 7) is 0.371. The summed E-state index contributed by atoms with van der Waals surface area (Å²) in [7, 11) is 3.28. The number of fused-ring (bicyclic) bond motifs is 1. The molecule has 0 bridgehead atoms. The summed E-state index contributed by atoms with van der Waals surface area (Å²) in [5.74, 6) is -0.185. The minimum Gasteiger partial charge on any atom is -0.487 e. The van der Waals surface area contributed by atoms with Crippen LogP contribution >= 0.6 is 11.6 Å². The lowest BCUT2D eigenvalue weighted by Crippen LogP contribution is -2.33. The fraction of sp³-hybridized carbons (Fsp3) is 0.192. The molecule has 0 radical (unpaired) electrons. The van der Waals surface area contributed by atoms with Crippen LogP contribution in [-0.4, -0.2) is 19.2 Å². The highest BCUT2D eigenvalue weighted by molar-refractivity contribution is 6.30. The van der Waals surface area contributed by atoms with Gasteiger partial charge in [0.25, 0.3) is 0 Å². The summed E-state index contributed by atoms with van der Waals surface area (Å²) in [5.41, 5.74) is 3.68. The van der Waals surface area contributed by atoms with Crippen molar-refractivity contribution < 1.29 is 14.2 Å². The molecule has 0 fully saturated rings. The molecule has 1 heterocycles. The Morgan fingerprint density at radius 1 is 0.806 bits per heavy atom. The summed E-state index contributed by atoms with van der Waals surface area (Å²) in [4.78, 5) is 4.70. The van der Waals surface area contributed by atoms with Gasteiger partial charge in [-0.2, -0.15) is 0 Å². The van der Waals surface area contributed by atoms with Gasteiger partial charge in [0.15, 0.2) is 5.79 Å². The van der Waals surface area contributed by atoms with Crippen LogP contribution in [0, 0.1) is 0 Å². The molecule has 4 nitrogen and oxygen atoms in total. The molecule has 0 N–H and O–H groups in total. The van der Waals surface area contributed by atoms with E-state index in [2.05, 4.69) is 6.07 Å². The van der Waals surface area contributed by atoms with Gasteiger partial charge in [0.2, 0.25) is 0 Å². The minimum absolute atomic E-state index is 0.371. The van der Waals surface area contributed by atoms with E-state index in [1.54, 1.807) is 14.2 Å². The number of rotatable bonds is 8. The quantitative estimate of drug-likeness (QED) is 0.312. The van der Waals surface area contributed by atoms with E-state index in [4.69, 9.17) is 30.8 Å². The first-order valence-corrected chi connectivity index (χ1v) is 10.4. The van der Waals surface area contributed by atoms with Crippen LogP contribution in [0.3, 0.4) is 0 Å². The number of para-hydroxylation sites is 2. The first-order chi connectivity index (χ1) is 15.1. The smallest absolute Gasteiger partial charge is 0.198 e. The molecule has 0 unspecified atom stereocenters. The molecule has 0 aliphatic heterocycles. The fourth-order valence-electron chi connectivity index (χ4n) is 3.65. The molecule has 158 valence electrons. The first kappa shape index (κ1) is 21.3. The molecule has 4 aromatic rings. The second kappa shape index (κ2) is 9.48. The van der Waals surface area contributed by atoms with Crippen LogP contribution in [0.1, 0.15) is 16.8 Å². The Labute approximate surface area is 187 Å². The zero-order chi connectivity index (χ0) is 21.7. The molecule has 4 rings (SSSR count). The molecule has 0 amide bonds. The van der Waals surface area contributed by atoms with Crippen molar-refractivity contribution in [3.8, 4) is 5.75 Å². The van der Waals surface area contributed by atoms with Gasteiger partial charge in [-0.3, -0.25) is 0 Å². The van der Waals surface area contributed by atoms with Crippen molar-refractivity contribution in [2.24, 2.45) is 0 Å². The van der Waals surface area contributed by atoms with Crippen molar-refractivity contribution in [3.63, 3.8) is 0 Å². The van der Waals surface area contributed by atoms with E-state index in [1.165, 1.54) is 0 Å². The van der Waals surface area contributed by atoms with Crippen molar-refractivity contribution in [2.75, 3.05) is 14.2 Å². The number of hydrogen-bond donors (Lipinski definition) is 0. The predicted octanol–water partition coefficient (Wildman–Crippen LogP) is 6.16. The molecular weight excluding hydrogens is 410 g/mol. The van der Waals surface area contributed by atoms with Crippen molar-refractivity contribution in [3.05, 3.63) is 107 Å². The Hall–Kier alpha value is -2.92. The molecule has 0 saturated heterocycles. The van der Waals surface area contributed by atoms with E-state index >= 15 is 0 Å². The van der Waals surface area contributed by atoms with Crippen molar-refractivity contribution in [2.45, 2.75) is 18.8 Å². The van der Waals surface area contributed by atoms with E-state index in [1.807, 2.05) is 78.9 Å². The molecule has 0 spiro atoms. The monoisotopic (exact) mass is 433 g/mol. The highest BCUT2D eigenvalue weighted by Crippen LogP contribution is 2.34. The predicted molar refractivity (Wildman–Crippen MR) is 123 cm³/mol. The second-order valence-corrected chi connectivity index (χ2v) is 7.67. The average Bonchev–Trinajstić information content (AvgIpc) is 2.82. The summed E-state index contributed by atoms with van der Waals surface area (Å²) < 4.78 is 17.9. The van der Waals surface area contributed by atoms with Crippen LogP contribution in [0.5, 0.6) is 5.75 Å². The van der Waals surface area contributed by atoms with Gasteiger partial charge in [-0.15, -0.1) is 0 Å². The number of ether oxygens (including phenoxy) is 3. The second-order valence-electron chi connectivity index (χ2n) is 7.24. The van der Waals surface area contributed by atoms with Gasteiger partial charge in [0.1, 0.15) is 12.4 Å². The zero-order valence-corrected chi connectivity index (χ0v) is 18.3. The van der Waals surface area contributed by atoms with E-state index < -0.39 is 5.79 Å². The number of halogens is 1. The van der Waals surface area contributed by atoms with Crippen molar-refractivity contribution in [1.82, 2.24) is 4.98 Å². The lowest BCUT2D eigenvalue weighted by Gasteiger charge is -2.32. The molecule has 0 saturated carbocycles. The first-order valence-electron chi connectivity index (χ1n) is 10.1.